The first kappa shape index (κ1) is 20.1. The molecule has 0 spiro atoms. The van der Waals surface area contributed by atoms with Crippen LogP contribution in [-0.2, 0) is 9.53 Å². The van der Waals surface area contributed by atoms with Crippen molar-refractivity contribution < 1.29 is 19.1 Å². The van der Waals surface area contributed by atoms with Gasteiger partial charge in [0, 0.05) is 19.6 Å². The summed E-state index contributed by atoms with van der Waals surface area (Å²) in [6, 6.07) is 7.75. The van der Waals surface area contributed by atoms with Crippen LogP contribution in [0.2, 0.25) is 0 Å². The van der Waals surface area contributed by atoms with Crippen molar-refractivity contribution in [2.75, 3.05) is 33.4 Å². The van der Waals surface area contributed by atoms with E-state index in [1.807, 2.05) is 43.0 Å². The number of carbonyl (C=O) groups is 2. The van der Waals surface area contributed by atoms with Crippen molar-refractivity contribution >= 4 is 12.0 Å². The van der Waals surface area contributed by atoms with Crippen LogP contribution in [0.25, 0.3) is 0 Å². The molecule has 2 amide bonds. The van der Waals surface area contributed by atoms with Crippen molar-refractivity contribution in [1.82, 2.24) is 9.80 Å². The molecule has 144 valence electrons. The van der Waals surface area contributed by atoms with Gasteiger partial charge in [-0.3, -0.25) is 4.79 Å². The molecule has 0 saturated carbocycles. The number of likely N-dealkylation sites (tertiary alicyclic amines) is 1. The molecule has 6 heteroatoms. The minimum absolute atomic E-state index is 0.0550. The van der Waals surface area contributed by atoms with Crippen LogP contribution in [0.3, 0.4) is 0 Å². The van der Waals surface area contributed by atoms with Crippen molar-refractivity contribution in [1.29, 1.82) is 0 Å². The average Bonchev–Trinajstić information content (AvgIpc) is 2.68. The van der Waals surface area contributed by atoms with E-state index in [4.69, 9.17) is 9.47 Å². The minimum Gasteiger partial charge on any atom is -0.497 e. The van der Waals surface area contributed by atoms with Gasteiger partial charge < -0.3 is 19.3 Å². The Morgan fingerprint density at radius 1 is 1.35 bits per heavy atom. The van der Waals surface area contributed by atoms with Crippen LogP contribution in [0.1, 0.15) is 45.2 Å². The molecule has 1 aliphatic rings. The zero-order valence-corrected chi connectivity index (χ0v) is 16.2. The number of hydrogen-bond donors (Lipinski definition) is 0. The summed E-state index contributed by atoms with van der Waals surface area (Å²) in [6.07, 6.45) is 1.30. The van der Waals surface area contributed by atoms with Gasteiger partial charge >= 0.3 is 6.09 Å². The highest BCUT2D eigenvalue weighted by Crippen LogP contribution is 2.27. The summed E-state index contributed by atoms with van der Waals surface area (Å²) in [6.45, 7) is 7.86. The second-order valence-electron chi connectivity index (χ2n) is 6.56. The van der Waals surface area contributed by atoms with Gasteiger partial charge in [-0.15, -0.1) is 0 Å². The Hall–Kier alpha value is -2.24. The van der Waals surface area contributed by atoms with Gasteiger partial charge in [0.15, 0.2) is 0 Å². The molecule has 1 aromatic carbocycles. The number of methoxy groups -OCH3 is 1. The standard InChI is InChI=1S/C20H30N2O4/c1-5-22(15(3)16-9-7-11-18(13-16)25-4)19(23)17-10-8-12-21(14-17)20(24)26-6-2/h7,9,11,13,15,17H,5-6,8,10,12,14H2,1-4H3. The van der Waals surface area contributed by atoms with Gasteiger partial charge in [-0.25, -0.2) is 4.79 Å². The summed E-state index contributed by atoms with van der Waals surface area (Å²) < 4.78 is 10.4. The zero-order chi connectivity index (χ0) is 19.1. The van der Waals surface area contributed by atoms with Gasteiger partial charge in [-0.05, 0) is 51.3 Å². The Kier molecular flexibility index (Phi) is 7.30. The van der Waals surface area contributed by atoms with Gasteiger partial charge in [-0.1, -0.05) is 12.1 Å². The molecular weight excluding hydrogens is 332 g/mol. The predicted molar refractivity (Wildman–Crippen MR) is 100 cm³/mol. The SMILES string of the molecule is CCOC(=O)N1CCCC(C(=O)N(CC)C(C)c2cccc(OC)c2)C1. The Balaban J connectivity index is 2.10. The molecule has 1 saturated heterocycles. The first-order chi connectivity index (χ1) is 12.5. The number of hydrogen-bond acceptors (Lipinski definition) is 4. The molecule has 1 aromatic rings. The van der Waals surface area contributed by atoms with Gasteiger partial charge in [-0.2, -0.15) is 0 Å². The quantitative estimate of drug-likeness (QED) is 0.777. The zero-order valence-electron chi connectivity index (χ0n) is 16.2. The van der Waals surface area contributed by atoms with Crippen LogP contribution in [0.5, 0.6) is 5.75 Å². The predicted octanol–water partition coefficient (Wildman–Crippen LogP) is 3.47. The van der Waals surface area contributed by atoms with Gasteiger partial charge in [0.2, 0.25) is 5.91 Å². The molecule has 0 bridgehead atoms. The van der Waals surface area contributed by atoms with E-state index in [-0.39, 0.29) is 24.0 Å². The Bertz CT molecular complexity index is 620. The molecule has 0 N–H and O–H groups in total. The van der Waals surface area contributed by atoms with Crippen molar-refractivity contribution in [3.63, 3.8) is 0 Å². The Morgan fingerprint density at radius 3 is 2.77 bits per heavy atom. The van der Waals surface area contributed by atoms with E-state index in [1.54, 1.807) is 18.9 Å². The lowest BCUT2D eigenvalue weighted by Gasteiger charge is -2.36. The van der Waals surface area contributed by atoms with Gasteiger partial charge in [0.1, 0.15) is 5.75 Å². The van der Waals surface area contributed by atoms with E-state index in [9.17, 15) is 9.59 Å². The number of benzene rings is 1. The van der Waals surface area contributed by atoms with Gasteiger partial charge in [0.25, 0.3) is 0 Å². The van der Waals surface area contributed by atoms with Crippen LogP contribution in [0, 0.1) is 5.92 Å². The van der Waals surface area contributed by atoms with Crippen molar-refractivity contribution in [2.24, 2.45) is 5.92 Å². The molecule has 6 nitrogen and oxygen atoms in total. The van der Waals surface area contributed by atoms with Crippen molar-refractivity contribution in [2.45, 2.75) is 39.7 Å². The van der Waals surface area contributed by atoms with Crippen molar-refractivity contribution in [3.8, 4) is 5.75 Å². The molecule has 0 aromatic heterocycles. The summed E-state index contributed by atoms with van der Waals surface area (Å²) >= 11 is 0. The first-order valence-corrected chi connectivity index (χ1v) is 9.37. The average molecular weight is 362 g/mol. The summed E-state index contributed by atoms with van der Waals surface area (Å²) in [5.41, 5.74) is 1.04. The highest BCUT2D eigenvalue weighted by molar-refractivity contribution is 5.80. The number of nitrogens with zero attached hydrogens (tertiary/aromatic N) is 2. The minimum atomic E-state index is -0.325. The molecule has 0 radical (unpaired) electrons. The van der Waals surface area contributed by atoms with Crippen LogP contribution >= 0.6 is 0 Å². The van der Waals surface area contributed by atoms with E-state index < -0.39 is 0 Å². The van der Waals surface area contributed by atoms with Crippen molar-refractivity contribution in [3.05, 3.63) is 29.8 Å². The monoisotopic (exact) mass is 362 g/mol. The molecule has 2 rings (SSSR count). The van der Waals surface area contributed by atoms with E-state index in [2.05, 4.69) is 0 Å². The number of ether oxygens (including phenoxy) is 2. The Labute approximate surface area is 156 Å². The van der Waals surface area contributed by atoms with Crippen LogP contribution in [0.15, 0.2) is 24.3 Å². The van der Waals surface area contributed by atoms with E-state index in [0.717, 1.165) is 24.2 Å². The highest BCUT2D eigenvalue weighted by Gasteiger charge is 2.33. The fraction of sp³-hybridized carbons (Fsp3) is 0.600. The molecule has 2 unspecified atom stereocenters. The summed E-state index contributed by atoms with van der Waals surface area (Å²) in [5.74, 6) is 0.696. The number of amides is 2. The number of rotatable bonds is 6. The summed E-state index contributed by atoms with van der Waals surface area (Å²) in [5, 5.41) is 0. The maximum Gasteiger partial charge on any atom is 0.409 e. The first-order valence-electron chi connectivity index (χ1n) is 9.37. The lowest BCUT2D eigenvalue weighted by molar-refractivity contribution is -0.139. The van der Waals surface area contributed by atoms with Gasteiger partial charge in [0.05, 0.1) is 25.7 Å². The molecule has 1 heterocycles. The topological polar surface area (TPSA) is 59.1 Å². The van der Waals surface area contributed by atoms with E-state index in [0.29, 0.717) is 26.2 Å². The number of carbonyl (C=O) groups excluding carboxylic acids is 2. The maximum atomic E-state index is 13.1. The molecule has 2 atom stereocenters. The smallest absolute Gasteiger partial charge is 0.409 e. The Morgan fingerprint density at radius 2 is 2.12 bits per heavy atom. The third-order valence-electron chi connectivity index (χ3n) is 4.96. The maximum absolute atomic E-state index is 13.1. The third-order valence-corrected chi connectivity index (χ3v) is 4.96. The fourth-order valence-electron chi connectivity index (χ4n) is 3.50. The number of piperidine rings is 1. The van der Waals surface area contributed by atoms with Crippen LogP contribution < -0.4 is 4.74 Å². The largest absolute Gasteiger partial charge is 0.497 e. The summed E-state index contributed by atoms with van der Waals surface area (Å²) in [4.78, 5) is 28.7. The normalized spacial score (nSPS) is 18.2. The highest BCUT2D eigenvalue weighted by atomic mass is 16.6. The molecular formula is C20H30N2O4. The van der Waals surface area contributed by atoms with E-state index in [1.165, 1.54) is 0 Å². The molecule has 26 heavy (non-hydrogen) atoms. The lowest BCUT2D eigenvalue weighted by Crippen LogP contribution is -2.47. The molecule has 1 aliphatic heterocycles. The molecule has 0 aliphatic carbocycles. The van der Waals surface area contributed by atoms with Crippen LogP contribution in [-0.4, -0.2) is 55.2 Å². The van der Waals surface area contributed by atoms with Crippen LogP contribution in [0.4, 0.5) is 4.79 Å². The lowest BCUT2D eigenvalue weighted by atomic mass is 9.95. The third kappa shape index (κ3) is 4.68. The van der Waals surface area contributed by atoms with E-state index >= 15 is 0 Å². The second-order valence-corrected chi connectivity index (χ2v) is 6.56. The fourth-order valence-corrected chi connectivity index (χ4v) is 3.50. The summed E-state index contributed by atoms with van der Waals surface area (Å²) in [7, 11) is 1.64. The second kappa shape index (κ2) is 9.46. The molecule has 1 fully saturated rings.